The summed E-state index contributed by atoms with van der Waals surface area (Å²) in [4.78, 5) is 0. The molecule has 5 nitrogen and oxygen atoms in total. The van der Waals surface area contributed by atoms with Crippen LogP contribution in [0, 0.1) is 0 Å². The second-order valence-electron chi connectivity index (χ2n) is 4.45. The van der Waals surface area contributed by atoms with E-state index in [1.807, 2.05) is 0 Å². The molecule has 0 bridgehead atoms. The smallest absolute Gasteiger partial charge is 0.211 e. The average Bonchev–Trinajstić information content (AvgIpc) is 2.75. The van der Waals surface area contributed by atoms with Crippen LogP contribution in [0.15, 0.2) is 0 Å². The number of hydrogen-bond acceptors (Lipinski definition) is 4. The zero-order valence-electron chi connectivity index (χ0n) is 10.6. The van der Waals surface area contributed by atoms with E-state index in [1.54, 1.807) is 0 Å². The van der Waals surface area contributed by atoms with Crippen molar-refractivity contribution in [2.75, 3.05) is 32.1 Å². The molecule has 0 aromatic carbocycles. The quantitative estimate of drug-likeness (QED) is 0.594. The molecule has 17 heavy (non-hydrogen) atoms. The van der Waals surface area contributed by atoms with Gasteiger partial charge in [-0.05, 0) is 38.8 Å². The van der Waals surface area contributed by atoms with Gasteiger partial charge in [-0.2, -0.15) is 0 Å². The van der Waals surface area contributed by atoms with Crippen molar-refractivity contribution >= 4 is 10.0 Å². The fourth-order valence-electron chi connectivity index (χ4n) is 1.78. The second kappa shape index (κ2) is 8.02. The van der Waals surface area contributed by atoms with Crippen LogP contribution < -0.4 is 10.0 Å². The SMILES string of the molecule is CCCNCCCCS(=O)(=O)NC1CCOC1. The molecule has 1 aliphatic rings. The lowest BCUT2D eigenvalue weighted by atomic mass is 10.3. The molecule has 0 saturated carbocycles. The maximum atomic E-state index is 11.7. The van der Waals surface area contributed by atoms with E-state index in [9.17, 15) is 8.42 Å². The van der Waals surface area contributed by atoms with Crippen LogP contribution in [-0.2, 0) is 14.8 Å². The molecule has 102 valence electrons. The van der Waals surface area contributed by atoms with Crippen LogP contribution in [0.5, 0.6) is 0 Å². The normalized spacial score (nSPS) is 20.9. The van der Waals surface area contributed by atoms with Crippen molar-refractivity contribution in [3.63, 3.8) is 0 Å². The van der Waals surface area contributed by atoms with Crippen LogP contribution in [0.1, 0.15) is 32.6 Å². The second-order valence-corrected chi connectivity index (χ2v) is 6.33. The Kier molecular flexibility index (Phi) is 7.03. The van der Waals surface area contributed by atoms with E-state index in [0.717, 1.165) is 32.4 Å². The lowest BCUT2D eigenvalue weighted by Gasteiger charge is -2.11. The Hall–Kier alpha value is -0.170. The van der Waals surface area contributed by atoms with E-state index in [-0.39, 0.29) is 11.8 Å². The van der Waals surface area contributed by atoms with Crippen LogP contribution in [0.2, 0.25) is 0 Å². The third-order valence-electron chi connectivity index (χ3n) is 2.72. The summed E-state index contributed by atoms with van der Waals surface area (Å²) < 4.78 is 31.2. The summed E-state index contributed by atoms with van der Waals surface area (Å²) in [5.41, 5.74) is 0. The van der Waals surface area contributed by atoms with Crippen LogP contribution >= 0.6 is 0 Å². The summed E-state index contributed by atoms with van der Waals surface area (Å²) in [7, 11) is -3.12. The largest absolute Gasteiger partial charge is 0.380 e. The maximum Gasteiger partial charge on any atom is 0.211 e. The van der Waals surface area contributed by atoms with Crippen molar-refractivity contribution in [2.45, 2.75) is 38.6 Å². The highest BCUT2D eigenvalue weighted by Crippen LogP contribution is 2.05. The first-order valence-corrected chi connectivity index (χ1v) is 8.08. The number of hydrogen-bond donors (Lipinski definition) is 2. The Bertz CT molecular complexity index is 287. The molecule has 0 amide bonds. The highest BCUT2D eigenvalue weighted by Gasteiger charge is 2.21. The van der Waals surface area contributed by atoms with E-state index in [0.29, 0.717) is 19.6 Å². The van der Waals surface area contributed by atoms with Crippen molar-refractivity contribution in [2.24, 2.45) is 0 Å². The molecule has 0 aromatic heterocycles. The van der Waals surface area contributed by atoms with Gasteiger partial charge in [-0.1, -0.05) is 6.92 Å². The highest BCUT2D eigenvalue weighted by molar-refractivity contribution is 7.89. The number of rotatable bonds is 9. The van der Waals surface area contributed by atoms with Gasteiger partial charge >= 0.3 is 0 Å². The maximum absolute atomic E-state index is 11.7. The molecule has 0 aromatic rings. The standard InChI is InChI=1S/C11H24N2O3S/c1-2-6-12-7-3-4-9-17(14,15)13-11-5-8-16-10-11/h11-13H,2-10H2,1H3. The minimum atomic E-state index is -3.12. The Morgan fingerprint density at radius 1 is 1.29 bits per heavy atom. The zero-order valence-corrected chi connectivity index (χ0v) is 11.4. The fraction of sp³-hybridized carbons (Fsp3) is 1.00. The summed E-state index contributed by atoms with van der Waals surface area (Å²) in [5.74, 6) is 0.220. The fourth-order valence-corrected chi connectivity index (χ4v) is 3.18. The zero-order chi connectivity index (χ0) is 12.6. The number of nitrogens with one attached hydrogen (secondary N) is 2. The van der Waals surface area contributed by atoms with Gasteiger partial charge < -0.3 is 10.1 Å². The first kappa shape index (κ1) is 14.9. The van der Waals surface area contributed by atoms with E-state index < -0.39 is 10.0 Å². The molecule has 0 radical (unpaired) electrons. The van der Waals surface area contributed by atoms with Gasteiger partial charge in [-0.25, -0.2) is 13.1 Å². The predicted molar refractivity (Wildman–Crippen MR) is 68.5 cm³/mol. The van der Waals surface area contributed by atoms with Crippen LogP contribution in [0.4, 0.5) is 0 Å². The van der Waals surface area contributed by atoms with E-state index in [1.165, 1.54) is 0 Å². The molecule has 1 fully saturated rings. The lowest BCUT2D eigenvalue weighted by molar-refractivity contribution is 0.192. The molecule has 1 aliphatic heterocycles. The van der Waals surface area contributed by atoms with Crippen molar-refractivity contribution in [3.05, 3.63) is 0 Å². The molecular formula is C11H24N2O3S. The molecule has 1 atom stereocenters. The molecule has 2 N–H and O–H groups in total. The molecule has 1 rings (SSSR count). The molecule has 0 aliphatic carbocycles. The molecule has 6 heteroatoms. The van der Waals surface area contributed by atoms with Crippen LogP contribution in [0.3, 0.4) is 0 Å². The molecule has 1 unspecified atom stereocenters. The summed E-state index contributed by atoms with van der Waals surface area (Å²) in [6.45, 7) is 5.19. The van der Waals surface area contributed by atoms with Crippen molar-refractivity contribution in [1.29, 1.82) is 0 Å². The number of sulfonamides is 1. The van der Waals surface area contributed by atoms with Crippen molar-refractivity contribution < 1.29 is 13.2 Å². The third-order valence-corrected chi connectivity index (χ3v) is 4.24. The minimum Gasteiger partial charge on any atom is -0.380 e. The predicted octanol–water partition coefficient (Wildman–Crippen LogP) is 0.475. The van der Waals surface area contributed by atoms with Crippen molar-refractivity contribution in [1.82, 2.24) is 10.0 Å². The van der Waals surface area contributed by atoms with Gasteiger partial charge in [0.05, 0.1) is 12.4 Å². The Morgan fingerprint density at radius 2 is 2.12 bits per heavy atom. The van der Waals surface area contributed by atoms with Gasteiger partial charge in [0.15, 0.2) is 0 Å². The monoisotopic (exact) mass is 264 g/mol. The van der Waals surface area contributed by atoms with E-state index >= 15 is 0 Å². The molecular weight excluding hydrogens is 240 g/mol. The topological polar surface area (TPSA) is 67.4 Å². The summed E-state index contributed by atoms with van der Waals surface area (Å²) in [5, 5.41) is 3.26. The first-order chi connectivity index (χ1) is 8.14. The Morgan fingerprint density at radius 3 is 2.76 bits per heavy atom. The van der Waals surface area contributed by atoms with Gasteiger partial charge in [-0.3, -0.25) is 0 Å². The highest BCUT2D eigenvalue weighted by atomic mass is 32.2. The lowest BCUT2D eigenvalue weighted by Crippen LogP contribution is -2.36. The minimum absolute atomic E-state index is 0.0155. The average molecular weight is 264 g/mol. The van der Waals surface area contributed by atoms with E-state index in [4.69, 9.17) is 4.74 Å². The Labute approximate surface area is 104 Å². The van der Waals surface area contributed by atoms with Crippen molar-refractivity contribution in [3.8, 4) is 0 Å². The van der Waals surface area contributed by atoms with Crippen LogP contribution in [0.25, 0.3) is 0 Å². The molecule has 1 saturated heterocycles. The number of unbranched alkanes of at least 4 members (excludes halogenated alkanes) is 1. The number of ether oxygens (including phenoxy) is 1. The van der Waals surface area contributed by atoms with Gasteiger partial charge in [0.25, 0.3) is 0 Å². The molecule has 1 heterocycles. The van der Waals surface area contributed by atoms with Gasteiger partial charge in [0.2, 0.25) is 10.0 Å². The Balaban J connectivity index is 2.07. The third kappa shape index (κ3) is 6.98. The summed E-state index contributed by atoms with van der Waals surface area (Å²) in [6, 6.07) is -0.0155. The summed E-state index contributed by atoms with van der Waals surface area (Å²) >= 11 is 0. The first-order valence-electron chi connectivity index (χ1n) is 6.42. The van der Waals surface area contributed by atoms with Crippen LogP contribution in [-0.4, -0.2) is 46.5 Å². The van der Waals surface area contributed by atoms with Gasteiger partial charge in [0.1, 0.15) is 0 Å². The van der Waals surface area contributed by atoms with Gasteiger partial charge in [-0.15, -0.1) is 0 Å². The van der Waals surface area contributed by atoms with E-state index in [2.05, 4.69) is 17.0 Å². The van der Waals surface area contributed by atoms with Gasteiger partial charge in [0, 0.05) is 12.6 Å². The summed E-state index contributed by atoms with van der Waals surface area (Å²) in [6.07, 6.45) is 3.51. The molecule has 0 spiro atoms.